The first-order chi connectivity index (χ1) is 10.1. The first-order valence-corrected chi connectivity index (χ1v) is 7.59. The van der Waals surface area contributed by atoms with Crippen LogP contribution in [0.1, 0.15) is 16.7 Å². The molecule has 0 saturated heterocycles. The summed E-state index contributed by atoms with van der Waals surface area (Å²) in [5.41, 5.74) is 3.37. The van der Waals surface area contributed by atoms with E-state index in [0.29, 0.717) is 6.54 Å². The molecule has 0 heterocycles. The topological polar surface area (TPSA) is 20.3 Å². The third kappa shape index (κ3) is 4.57. The number of likely N-dealkylation sites (N-methyl/N-ethyl adjacent to an activating group) is 1. The Labute approximate surface area is 134 Å². The minimum absolute atomic E-state index is 0.00164. The van der Waals surface area contributed by atoms with Crippen LogP contribution in [0.4, 0.5) is 0 Å². The third-order valence-electron chi connectivity index (χ3n) is 3.31. The fourth-order valence-electron chi connectivity index (χ4n) is 2.03. The van der Waals surface area contributed by atoms with E-state index >= 15 is 0 Å². The molecule has 0 atom stereocenters. The molecule has 21 heavy (non-hydrogen) atoms. The van der Waals surface area contributed by atoms with Crippen molar-refractivity contribution in [1.82, 2.24) is 4.90 Å². The molecule has 0 N–H and O–H groups in total. The van der Waals surface area contributed by atoms with Gasteiger partial charge in [0.2, 0.25) is 5.91 Å². The van der Waals surface area contributed by atoms with E-state index in [1.807, 2.05) is 49.5 Å². The molecule has 2 rings (SSSR count). The minimum atomic E-state index is -0.00164. The van der Waals surface area contributed by atoms with Crippen LogP contribution in [0.5, 0.6) is 0 Å². The molecule has 108 valence electrons. The van der Waals surface area contributed by atoms with Crippen LogP contribution in [0.15, 0.2) is 59.1 Å². The molecule has 2 aromatic rings. The van der Waals surface area contributed by atoms with Gasteiger partial charge in [-0.1, -0.05) is 52.3 Å². The Balaban J connectivity index is 2.01. The summed E-state index contributed by atoms with van der Waals surface area (Å²) in [6.07, 6.45) is 3.45. The molecule has 1 amide bonds. The van der Waals surface area contributed by atoms with Crippen molar-refractivity contribution in [3.05, 3.63) is 75.8 Å². The Morgan fingerprint density at radius 3 is 2.67 bits per heavy atom. The van der Waals surface area contributed by atoms with Crippen molar-refractivity contribution < 1.29 is 4.79 Å². The van der Waals surface area contributed by atoms with Crippen LogP contribution in [0.25, 0.3) is 6.08 Å². The van der Waals surface area contributed by atoms with Gasteiger partial charge in [0.25, 0.3) is 0 Å². The fourth-order valence-corrected chi connectivity index (χ4v) is 2.44. The van der Waals surface area contributed by atoms with Crippen molar-refractivity contribution in [3.8, 4) is 0 Å². The first kappa shape index (κ1) is 15.5. The van der Waals surface area contributed by atoms with Crippen LogP contribution in [-0.2, 0) is 11.3 Å². The van der Waals surface area contributed by atoms with Crippen LogP contribution in [-0.4, -0.2) is 17.9 Å². The van der Waals surface area contributed by atoms with E-state index in [-0.39, 0.29) is 5.91 Å². The summed E-state index contributed by atoms with van der Waals surface area (Å²) in [6, 6.07) is 16.0. The normalized spacial score (nSPS) is 10.8. The highest BCUT2D eigenvalue weighted by Gasteiger charge is 2.07. The van der Waals surface area contributed by atoms with Gasteiger partial charge in [-0.25, -0.2) is 0 Å². The number of amides is 1. The molecule has 0 unspecified atom stereocenters. The summed E-state index contributed by atoms with van der Waals surface area (Å²) < 4.78 is 1.00. The zero-order valence-corrected chi connectivity index (χ0v) is 13.8. The maximum Gasteiger partial charge on any atom is 0.246 e. The standard InChI is InChI=1S/C18H18BrNO/c1-14-6-3-4-8-16(14)13-20(2)18(21)11-10-15-7-5-9-17(19)12-15/h3-12H,13H2,1-2H3/b11-10+. The molecular weight excluding hydrogens is 326 g/mol. The largest absolute Gasteiger partial charge is 0.338 e. The third-order valence-corrected chi connectivity index (χ3v) is 3.81. The number of benzene rings is 2. The Bertz CT molecular complexity index is 664. The van der Waals surface area contributed by atoms with Gasteiger partial charge in [0.15, 0.2) is 0 Å². The van der Waals surface area contributed by atoms with E-state index in [1.165, 1.54) is 11.1 Å². The molecular formula is C18H18BrNO. The van der Waals surface area contributed by atoms with Crippen molar-refractivity contribution in [2.24, 2.45) is 0 Å². The van der Waals surface area contributed by atoms with Crippen molar-refractivity contribution in [2.45, 2.75) is 13.5 Å². The lowest BCUT2D eigenvalue weighted by Gasteiger charge is -2.16. The summed E-state index contributed by atoms with van der Waals surface area (Å²) >= 11 is 3.42. The van der Waals surface area contributed by atoms with Gasteiger partial charge >= 0.3 is 0 Å². The number of hydrogen-bond donors (Lipinski definition) is 0. The van der Waals surface area contributed by atoms with Crippen LogP contribution in [0.3, 0.4) is 0 Å². The van der Waals surface area contributed by atoms with Gasteiger partial charge in [-0.3, -0.25) is 4.79 Å². The molecule has 0 radical (unpaired) electrons. The molecule has 0 bridgehead atoms. The molecule has 0 aromatic heterocycles. The van der Waals surface area contributed by atoms with E-state index in [4.69, 9.17) is 0 Å². The molecule has 0 aliphatic rings. The van der Waals surface area contributed by atoms with Gasteiger partial charge in [0.05, 0.1) is 0 Å². The summed E-state index contributed by atoms with van der Waals surface area (Å²) in [6.45, 7) is 2.68. The molecule has 0 spiro atoms. The summed E-state index contributed by atoms with van der Waals surface area (Å²) in [5.74, 6) is -0.00164. The lowest BCUT2D eigenvalue weighted by molar-refractivity contribution is -0.125. The zero-order valence-electron chi connectivity index (χ0n) is 12.2. The highest BCUT2D eigenvalue weighted by atomic mass is 79.9. The number of halogens is 1. The smallest absolute Gasteiger partial charge is 0.246 e. The van der Waals surface area contributed by atoms with Gasteiger partial charge in [0.1, 0.15) is 0 Å². The van der Waals surface area contributed by atoms with Crippen molar-refractivity contribution in [1.29, 1.82) is 0 Å². The van der Waals surface area contributed by atoms with Crippen molar-refractivity contribution in [2.75, 3.05) is 7.05 Å². The zero-order chi connectivity index (χ0) is 15.2. The lowest BCUT2D eigenvalue weighted by Crippen LogP contribution is -2.24. The average Bonchev–Trinajstić information content (AvgIpc) is 2.47. The molecule has 3 heteroatoms. The van der Waals surface area contributed by atoms with Crippen LogP contribution in [0.2, 0.25) is 0 Å². The predicted octanol–water partition coefficient (Wildman–Crippen LogP) is 4.43. The fraction of sp³-hybridized carbons (Fsp3) is 0.167. The average molecular weight is 344 g/mol. The van der Waals surface area contributed by atoms with E-state index < -0.39 is 0 Å². The van der Waals surface area contributed by atoms with E-state index in [1.54, 1.807) is 11.0 Å². The van der Waals surface area contributed by atoms with E-state index in [9.17, 15) is 4.79 Å². The van der Waals surface area contributed by atoms with Gasteiger partial charge in [-0.2, -0.15) is 0 Å². The second-order valence-corrected chi connectivity index (χ2v) is 5.92. The summed E-state index contributed by atoms with van der Waals surface area (Å²) in [5, 5.41) is 0. The van der Waals surface area contributed by atoms with Gasteiger partial charge in [0, 0.05) is 24.1 Å². The SMILES string of the molecule is Cc1ccccc1CN(C)C(=O)/C=C/c1cccc(Br)c1. The van der Waals surface area contributed by atoms with Gasteiger partial charge < -0.3 is 4.90 Å². The van der Waals surface area contributed by atoms with Crippen LogP contribution < -0.4 is 0 Å². The molecule has 0 saturated carbocycles. The molecule has 0 fully saturated rings. The maximum absolute atomic E-state index is 12.1. The van der Waals surface area contributed by atoms with Gasteiger partial charge in [-0.15, -0.1) is 0 Å². The number of hydrogen-bond acceptors (Lipinski definition) is 1. The van der Waals surface area contributed by atoms with Crippen LogP contribution in [0, 0.1) is 6.92 Å². The van der Waals surface area contributed by atoms with E-state index in [0.717, 1.165) is 10.0 Å². The molecule has 2 nitrogen and oxygen atoms in total. The van der Waals surface area contributed by atoms with E-state index in [2.05, 4.69) is 35.0 Å². The monoisotopic (exact) mass is 343 g/mol. The molecule has 0 aliphatic carbocycles. The number of aryl methyl sites for hydroxylation is 1. The quantitative estimate of drug-likeness (QED) is 0.752. The number of nitrogens with zero attached hydrogens (tertiary/aromatic N) is 1. The van der Waals surface area contributed by atoms with Crippen molar-refractivity contribution >= 4 is 27.9 Å². The van der Waals surface area contributed by atoms with Crippen molar-refractivity contribution in [3.63, 3.8) is 0 Å². The highest BCUT2D eigenvalue weighted by molar-refractivity contribution is 9.10. The van der Waals surface area contributed by atoms with Crippen LogP contribution >= 0.6 is 15.9 Å². The van der Waals surface area contributed by atoms with Gasteiger partial charge in [-0.05, 0) is 41.8 Å². The lowest BCUT2D eigenvalue weighted by atomic mass is 10.1. The number of carbonyl (C=O) groups excluding carboxylic acids is 1. The molecule has 2 aromatic carbocycles. The minimum Gasteiger partial charge on any atom is -0.338 e. The second kappa shape index (κ2) is 7.23. The number of rotatable bonds is 4. The Morgan fingerprint density at radius 2 is 1.95 bits per heavy atom. The maximum atomic E-state index is 12.1. The second-order valence-electron chi connectivity index (χ2n) is 5.01. The Kier molecular flexibility index (Phi) is 5.34. The summed E-state index contributed by atoms with van der Waals surface area (Å²) in [4.78, 5) is 13.9. The predicted molar refractivity (Wildman–Crippen MR) is 90.8 cm³/mol. The first-order valence-electron chi connectivity index (χ1n) is 6.79. The summed E-state index contributed by atoms with van der Waals surface area (Å²) in [7, 11) is 1.82. The Morgan fingerprint density at radius 1 is 1.19 bits per heavy atom. The number of carbonyl (C=O) groups is 1. The Hall–Kier alpha value is -1.87. The molecule has 0 aliphatic heterocycles. The highest BCUT2D eigenvalue weighted by Crippen LogP contribution is 2.13.